The lowest BCUT2D eigenvalue weighted by Crippen LogP contribution is -2.74. The van der Waals surface area contributed by atoms with Gasteiger partial charge in [-0.1, -0.05) is 124 Å². The molecule has 0 aliphatic carbocycles. The SMILES string of the molecule is CC(=O)O[C@H]1[C@H](N2C(=O)c3ccccc3C2=O)C(=O)N1[C@H](CO[Si](c1ccccc1)(c1ccccc1)C(C)(C)C)c1ccccc1. The van der Waals surface area contributed by atoms with Crippen LogP contribution in [0, 0.1) is 0 Å². The number of hydrogen-bond acceptors (Lipinski definition) is 6. The first-order chi connectivity index (χ1) is 22.1. The maximum atomic E-state index is 14.2. The first kappa shape index (κ1) is 31.1. The smallest absolute Gasteiger partial charge is 0.304 e. The van der Waals surface area contributed by atoms with E-state index in [1.54, 1.807) is 24.3 Å². The first-order valence-corrected chi connectivity index (χ1v) is 17.2. The summed E-state index contributed by atoms with van der Waals surface area (Å²) in [7, 11) is -3.03. The molecule has 46 heavy (non-hydrogen) atoms. The van der Waals surface area contributed by atoms with Crippen LogP contribution in [0.5, 0.6) is 0 Å². The van der Waals surface area contributed by atoms with Crippen LogP contribution >= 0.6 is 0 Å². The van der Waals surface area contributed by atoms with E-state index in [0.29, 0.717) is 0 Å². The molecule has 0 bridgehead atoms. The second kappa shape index (κ2) is 12.1. The molecule has 3 atom stereocenters. The van der Waals surface area contributed by atoms with Crippen molar-refractivity contribution < 1.29 is 28.3 Å². The van der Waals surface area contributed by atoms with Crippen LogP contribution in [-0.4, -0.2) is 60.7 Å². The molecule has 4 aromatic rings. The number of rotatable bonds is 9. The van der Waals surface area contributed by atoms with Gasteiger partial charge in [0.05, 0.1) is 23.8 Å². The second-order valence-electron chi connectivity index (χ2n) is 12.6. The van der Waals surface area contributed by atoms with Gasteiger partial charge in [-0.25, -0.2) is 0 Å². The predicted octanol–water partition coefficient (Wildman–Crippen LogP) is 4.70. The Bertz CT molecular complexity index is 1700. The Morgan fingerprint density at radius 3 is 1.65 bits per heavy atom. The van der Waals surface area contributed by atoms with Crippen molar-refractivity contribution in [3.05, 3.63) is 132 Å². The number of benzene rings is 4. The quantitative estimate of drug-likeness (QED) is 0.115. The first-order valence-electron chi connectivity index (χ1n) is 15.3. The number of hydrogen-bond donors (Lipinski definition) is 0. The van der Waals surface area contributed by atoms with Crippen LogP contribution in [0.15, 0.2) is 115 Å². The minimum Gasteiger partial charge on any atom is -0.439 e. The fourth-order valence-corrected chi connectivity index (χ4v) is 11.3. The summed E-state index contributed by atoms with van der Waals surface area (Å²) in [6, 6.07) is 34.2. The normalized spacial score (nSPS) is 18.7. The molecule has 2 heterocycles. The predicted molar refractivity (Wildman–Crippen MR) is 176 cm³/mol. The summed E-state index contributed by atoms with van der Waals surface area (Å²) >= 11 is 0. The van der Waals surface area contributed by atoms with Crippen LogP contribution in [-0.2, 0) is 18.8 Å². The Hall–Kier alpha value is -4.86. The average Bonchev–Trinajstić information content (AvgIpc) is 3.30. The van der Waals surface area contributed by atoms with Gasteiger partial charge in [0.25, 0.3) is 26.0 Å². The van der Waals surface area contributed by atoms with Crippen molar-refractivity contribution in [1.29, 1.82) is 0 Å². The van der Waals surface area contributed by atoms with Crippen molar-refractivity contribution >= 4 is 42.4 Å². The Balaban J connectivity index is 1.42. The third kappa shape index (κ3) is 5.15. The molecule has 2 aliphatic heterocycles. The number of amides is 3. The molecule has 6 rings (SSSR count). The van der Waals surface area contributed by atoms with Crippen molar-refractivity contribution in [2.24, 2.45) is 0 Å². The van der Waals surface area contributed by atoms with Crippen molar-refractivity contribution in [2.45, 2.75) is 51.0 Å². The minimum atomic E-state index is -3.03. The summed E-state index contributed by atoms with van der Waals surface area (Å²) in [6.45, 7) is 7.84. The van der Waals surface area contributed by atoms with Crippen LogP contribution < -0.4 is 10.4 Å². The van der Waals surface area contributed by atoms with Crippen molar-refractivity contribution in [3.63, 3.8) is 0 Å². The lowest BCUT2D eigenvalue weighted by Gasteiger charge is -2.52. The highest BCUT2D eigenvalue weighted by Crippen LogP contribution is 2.42. The molecule has 1 fully saturated rings. The van der Waals surface area contributed by atoms with E-state index in [2.05, 4.69) is 45.0 Å². The largest absolute Gasteiger partial charge is 0.439 e. The lowest BCUT2D eigenvalue weighted by atomic mass is 9.95. The molecule has 0 saturated carbocycles. The van der Waals surface area contributed by atoms with Crippen LogP contribution in [0.1, 0.15) is 60.0 Å². The molecule has 0 unspecified atom stereocenters. The molecule has 234 valence electrons. The van der Waals surface area contributed by atoms with E-state index in [1.165, 1.54) is 11.8 Å². The fraction of sp³-hybridized carbons (Fsp3) is 0.243. The van der Waals surface area contributed by atoms with Crippen LogP contribution in [0.3, 0.4) is 0 Å². The van der Waals surface area contributed by atoms with Gasteiger partial charge in [0.15, 0.2) is 6.04 Å². The zero-order valence-electron chi connectivity index (χ0n) is 26.3. The Labute approximate surface area is 269 Å². The molecule has 0 N–H and O–H groups in total. The number of carbonyl (C=O) groups is 4. The molecular formula is C37H36N2O6Si. The highest BCUT2D eigenvalue weighted by Gasteiger charge is 2.61. The standard InChI is InChI=1S/C37H36N2O6Si/c1-25(40)45-36-32(39-33(41)29-22-14-15-23-30(29)34(39)42)35(43)38(36)31(26-16-8-5-9-17-26)24-44-46(37(2,3)4,27-18-10-6-11-19-27)28-20-12-7-13-21-28/h5-23,31-32,36H,24H2,1-4H3/t31-,32-,36+/m1/s1. The number of carbonyl (C=O) groups excluding carboxylic acids is 4. The number of ether oxygens (including phenoxy) is 1. The highest BCUT2D eigenvalue weighted by atomic mass is 28.4. The minimum absolute atomic E-state index is 0.0790. The van der Waals surface area contributed by atoms with Gasteiger partial charge in [-0.15, -0.1) is 0 Å². The van der Waals surface area contributed by atoms with Gasteiger partial charge in [-0.05, 0) is 33.1 Å². The van der Waals surface area contributed by atoms with Gasteiger partial charge in [-0.2, -0.15) is 0 Å². The van der Waals surface area contributed by atoms with E-state index < -0.39 is 50.3 Å². The van der Waals surface area contributed by atoms with Crippen molar-refractivity contribution in [3.8, 4) is 0 Å². The molecule has 2 aliphatic rings. The number of nitrogens with zero attached hydrogens (tertiary/aromatic N) is 2. The zero-order valence-corrected chi connectivity index (χ0v) is 27.3. The zero-order chi connectivity index (χ0) is 32.6. The average molecular weight is 633 g/mol. The van der Waals surface area contributed by atoms with E-state index in [9.17, 15) is 19.2 Å². The summed E-state index contributed by atoms with van der Waals surface area (Å²) in [5.41, 5.74) is 1.21. The summed E-state index contributed by atoms with van der Waals surface area (Å²) in [5.74, 6) is -2.31. The molecule has 3 amide bonds. The van der Waals surface area contributed by atoms with Gasteiger partial charge in [0.1, 0.15) is 0 Å². The maximum absolute atomic E-state index is 14.2. The van der Waals surface area contributed by atoms with Gasteiger partial charge in [0, 0.05) is 6.92 Å². The topological polar surface area (TPSA) is 93.2 Å². The van der Waals surface area contributed by atoms with E-state index in [4.69, 9.17) is 9.16 Å². The number of fused-ring (bicyclic) bond motifs is 1. The van der Waals surface area contributed by atoms with Gasteiger partial charge in [0.2, 0.25) is 6.23 Å². The monoisotopic (exact) mass is 632 g/mol. The van der Waals surface area contributed by atoms with E-state index in [-0.39, 0.29) is 22.8 Å². The summed E-state index contributed by atoms with van der Waals surface area (Å²) in [6.07, 6.45) is -1.19. The molecule has 4 aromatic carbocycles. The van der Waals surface area contributed by atoms with Gasteiger partial charge < -0.3 is 9.16 Å². The highest BCUT2D eigenvalue weighted by molar-refractivity contribution is 6.99. The number of likely N-dealkylation sites (tertiary alicyclic amines) is 1. The fourth-order valence-electron chi connectivity index (χ4n) is 6.77. The van der Waals surface area contributed by atoms with Crippen LogP contribution in [0.2, 0.25) is 5.04 Å². The van der Waals surface area contributed by atoms with Crippen molar-refractivity contribution in [2.75, 3.05) is 6.61 Å². The molecule has 0 aromatic heterocycles. The molecule has 1 saturated heterocycles. The third-order valence-corrected chi connectivity index (χ3v) is 13.8. The summed E-state index contributed by atoms with van der Waals surface area (Å²) in [4.78, 5) is 55.9. The Kier molecular flexibility index (Phi) is 8.22. The molecular weight excluding hydrogens is 597 g/mol. The Morgan fingerprint density at radius 1 is 0.739 bits per heavy atom. The van der Waals surface area contributed by atoms with E-state index >= 15 is 0 Å². The summed E-state index contributed by atoms with van der Waals surface area (Å²) < 4.78 is 13.0. The van der Waals surface area contributed by atoms with Crippen LogP contribution in [0.25, 0.3) is 0 Å². The molecule has 0 radical (unpaired) electrons. The number of esters is 1. The maximum Gasteiger partial charge on any atom is 0.304 e. The van der Waals surface area contributed by atoms with Crippen LogP contribution in [0.4, 0.5) is 0 Å². The summed E-state index contributed by atoms with van der Waals surface area (Å²) in [5, 5.41) is 1.83. The van der Waals surface area contributed by atoms with E-state index in [1.807, 2.05) is 66.7 Å². The Morgan fingerprint density at radius 2 is 1.20 bits per heavy atom. The molecule has 8 nitrogen and oxygen atoms in total. The second-order valence-corrected chi connectivity index (χ2v) is 16.9. The molecule has 9 heteroatoms. The number of β-lactam (4-membered cyclic amide) rings is 1. The van der Waals surface area contributed by atoms with Gasteiger partial charge >= 0.3 is 5.97 Å². The number of imide groups is 1. The van der Waals surface area contributed by atoms with Gasteiger partial charge in [-0.3, -0.25) is 29.0 Å². The third-order valence-electron chi connectivity index (χ3n) is 8.84. The van der Waals surface area contributed by atoms with Crippen molar-refractivity contribution in [1.82, 2.24) is 9.80 Å². The lowest BCUT2D eigenvalue weighted by molar-refractivity contribution is -0.203. The van der Waals surface area contributed by atoms with E-state index in [0.717, 1.165) is 20.8 Å². The molecule has 0 spiro atoms.